The van der Waals surface area contributed by atoms with Gasteiger partial charge in [-0.1, -0.05) is 35.9 Å². The molecule has 0 aromatic heterocycles. The van der Waals surface area contributed by atoms with Crippen LogP contribution < -0.4 is 4.90 Å². The maximum atomic E-state index is 13.5. The molecule has 1 heterocycles. The van der Waals surface area contributed by atoms with E-state index in [9.17, 15) is 14.7 Å². The first kappa shape index (κ1) is 18.0. The lowest BCUT2D eigenvalue weighted by atomic mass is 9.94. The van der Waals surface area contributed by atoms with Crippen LogP contribution >= 0.6 is 0 Å². The normalized spacial score (nSPS) is 15.6. The van der Waals surface area contributed by atoms with E-state index in [1.54, 1.807) is 24.3 Å². The predicted molar refractivity (Wildman–Crippen MR) is 109 cm³/mol. The van der Waals surface area contributed by atoms with Gasteiger partial charge >= 0.3 is 0 Å². The molecule has 1 aliphatic heterocycles. The van der Waals surface area contributed by atoms with Gasteiger partial charge in [-0.3, -0.25) is 14.5 Å². The number of nitrogens with zero attached hydrogens (tertiary/aromatic N) is 1. The van der Waals surface area contributed by atoms with E-state index in [4.69, 9.17) is 0 Å². The van der Waals surface area contributed by atoms with Crippen LogP contribution in [-0.2, 0) is 0 Å². The van der Waals surface area contributed by atoms with Gasteiger partial charge in [0.1, 0.15) is 11.8 Å². The van der Waals surface area contributed by atoms with E-state index in [0.717, 1.165) is 16.7 Å². The topological polar surface area (TPSA) is 57.6 Å². The SMILES string of the molecule is Cc1ccc(N2C(=O)c3ccccc3C2C(=O)c2cc(C)c(C)cc2O)cc1. The Bertz CT molecular complexity index is 1100. The second kappa shape index (κ2) is 6.64. The number of hydrogen-bond acceptors (Lipinski definition) is 3. The van der Waals surface area contributed by atoms with Gasteiger partial charge in [-0.2, -0.15) is 0 Å². The monoisotopic (exact) mass is 371 g/mol. The second-order valence-electron chi connectivity index (χ2n) is 7.32. The molecule has 3 aromatic carbocycles. The maximum Gasteiger partial charge on any atom is 0.259 e. The quantitative estimate of drug-likeness (QED) is 0.666. The van der Waals surface area contributed by atoms with Gasteiger partial charge < -0.3 is 5.11 Å². The highest BCUT2D eigenvalue weighted by Crippen LogP contribution is 2.40. The van der Waals surface area contributed by atoms with Crippen LogP contribution in [0.5, 0.6) is 5.75 Å². The van der Waals surface area contributed by atoms with Gasteiger partial charge in [0, 0.05) is 11.3 Å². The molecule has 1 unspecified atom stereocenters. The summed E-state index contributed by atoms with van der Waals surface area (Å²) in [6.45, 7) is 5.76. The van der Waals surface area contributed by atoms with Crippen LogP contribution in [0.25, 0.3) is 0 Å². The zero-order chi connectivity index (χ0) is 20.0. The molecule has 0 saturated heterocycles. The summed E-state index contributed by atoms with van der Waals surface area (Å²) in [6, 6.07) is 17.2. The Hall–Kier alpha value is -3.40. The van der Waals surface area contributed by atoms with Crippen molar-refractivity contribution in [2.75, 3.05) is 4.90 Å². The van der Waals surface area contributed by atoms with E-state index in [1.165, 1.54) is 4.90 Å². The highest BCUT2D eigenvalue weighted by atomic mass is 16.3. The average molecular weight is 371 g/mol. The number of carbonyl (C=O) groups is 2. The van der Waals surface area contributed by atoms with Crippen molar-refractivity contribution in [3.05, 3.63) is 94.0 Å². The molecule has 4 rings (SSSR count). The average Bonchev–Trinajstić information content (AvgIpc) is 2.98. The number of aromatic hydroxyl groups is 1. The fraction of sp³-hybridized carbons (Fsp3) is 0.167. The standard InChI is InChI=1S/C24H21NO3/c1-14-8-10-17(11-9-14)25-22(18-6-4-5-7-19(18)24(25)28)23(27)20-12-15(2)16(3)13-21(20)26/h4-13,22,26H,1-3H3. The molecule has 1 N–H and O–H groups in total. The lowest BCUT2D eigenvalue weighted by Gasteiger charge is -2.25. The van der Waals surface area contributed by atoms with Gasteiger partial charge in [0.25, 0.3) is 5.91 Å². The van der Waals surface area contributed by atoms with Crippen LogP contribution in [0.4, 0.5) is 5.69 Å². The third-order valence-corrected chi connectivity index (χ3v) is 5.40. The van der Waals surface area contributed by atoms with E-state index >= 15 is 0 Å². The van der Waals surface area contributed by atoms with Gasteiger partial charge in [0.15, 0.2) is 5.78 Å². The molecule has 0 aliphatic carbocycles. The smallest absolute Gasteiger partial charge is 0.259 e. The molecule has 0 radical (unpaired) electrons. The van der Waals surface area contributed by atoms with E-state index in [1.807, 2.05) is 57.2 Å². The van der Waals surface area contributed by atoms with Crippen LogP contribution in [0.2, 0.25) is 0 Å². The molecule has 0 fully saturated rings. The van der Waals surface area contributed by atoms with E-state index in [-0.39, 0.29) is 23.0 Å². The number of aryl methyl sites for hydroxylation is 3. The Balaban J connectivity index is 1.88. The number of amides is 1. The minimum absolute atomic E-state index is 0.0613. The Morgan fingerprint density at radius 1 is 0.929 bits per heavy atom. The van der Waals surface area contributed by atoms with Crippen LogP contribution in [0.1, 0.15) is 49.0 Å². The molecular formula is C24H21NO3. The number of fused-ring (bicyclic) bond motifs is 1. The molecule has 0 spiro atoms. The minimum Gasteiger partial charge on any atom is -0.507 e. The molecule has 140 valence electrons. The number of ketones is 1. The van der Waals surface area contributed by atoms with Gasteiger partial charge in [-0.15, -0.1) is 0 Å². The number of phenols is 1. The van der Waals surface area contributed by atoms with Crippen LogP contribution in [-0.4, -0.2) is 16.8 Å². The number of hydrogen-bond donors (Lipinski definition) is 1. The molecular weight excluding hydrogens is 350 g/mol. The lowest BCUT2D eigenvalue weighted by molar-refractivity contribution is 0.0914. The predicted octanol–water partition coefficient (Wildman–Crippen LogP) is 4.90. The van der Waals surface area contributed by atoms with Crippen molar-refractivity contribution in [3.8, 4) is 5.75 Å². The number of carbonyl (C=O) groups excluding carboxylic acids is 2. The van der Waals surface area contributed by atoms with Crippen molar-refractivity contribution >= 4 is 17.4 Å². The summed E-state index contributed by atoms with van der Waals surface area (Å²) >= 11 is 0. The van der Waals surface area contributed by atoms with E-state index in [2.05, 4.69) is 0 Å². The molecule has 1 amide bonds. The molecule has 4 heteroatoms. The molecule has 3 aromatic rings. The first-order valence-corrected chi connectivity index (χ1v) is 9.22. The first-order chi connectivity index (χ1) is 13.4. The van der Waals surface area contributed by atoms with Crippen molar-refractivity contribution < 1.29 is 14.7 Å². The molecule has 0 bridgehead atoms. The second-order valence-corrected chi connectivity index (χ2v) is 7.32. The van der Waals surface area contributed by atoms with Crippen molar-refractivity contribution in [1.29, 1.82) is 0 Å². The summed E-state index contributed by atoms with van der Waals surface area (Å²) < 4.78 is 0. The number of rotatable bonds is 3. The molecule has 1 aliphatic rings. The van der Waals surface area contributed by atoms with Crippen LogP contribution in [0.15, 0.2) is 60.7 Å². The van der Waals surface area contributed by atoms with Crippen molar-refractivity contribution in [2.45, 2.75) is 26.8 Å². The molecule has 1 atom stereocenters. The third-order valence-electron chi connectivity index (χ3n) is 5.40. The lowest BCUT2D eigenvalue weighted by Crippen LogP contribution is -2.32. The van der Waals surface area contributed by atoms with E-state index < -0.39 is 6.04 Å². The fourth-order valence-electron chi connectivity index (χ4n) is 3.69. The number of benzene rings is 3. The molecule has 0 saturated carbocycles. The first-order valence-electron chi connectivity index (χ1n) is 9.22. The Labute approximate surface area is 164 Å². The van der Waals surface area contributed by atoms with Crippen molar-refractivity contribution in [3.63, 3.8) is 0 Å². The summed E-state index contributed by atoms with van der Waals surface area (Å²) in [5.74, 6) is -0.561. The fourth-order valence-corrected chi connectivity index (χ4v) is 3.69. The van der Waals surface area contributed by atoms with Crippen molar-refractivity contribution in [2.24, 2.45) is 0 Å². The van der Waals surface area contributed by atoms with Crippen LogP contribution in [0.3, 0.4) is 0 Å². The van der Waals surface area contributed by atoms with Gasteiger partial charge in [-0.25, -0.2) is 0 Å². The zero-order valence-corrected chi connectivity index (χ0v) is 16.1. The third kappa shape index (κ3) is 2.78. The Morgan fingerprint density at radius 2 is 1.57 bits per heavy atom. The summed E-state index contributed by atoms with van der Waals surface area (Å²) in [5.41, 5.74) is 4.97. The largest absolute Gasteiger partial charge is 0.507 e. The molecule has 28 heavy (non-hydrogen) atoms. The number of anilines is 1. The van der Waals surface area contributed by atoms with Crippen molar-refractivity contribution in [1.82, 2.24) is 0 Å². The highest BCUT2D eigenvalue weighted by molar-refractivity contribution is 6.19. The van der Waals surface area contributed by atoms with Gasteiger partial charge in [-0.05, 0) is 67.8 Å². The summed E-state index contributed by atoms with van der Waals surface area (Å²) in [5, 5.41) is 10.4. The van der Waals surface area contributed by atoms with Gasteiger partial charge in [0.2, 0.25) is 0 Å². The Kier molecular flexibility index (Phi) is 4.27. The summed E-state index contributed by atoms with van der Waals surface area (Å²) in [7, 11) is 0. The molecule has 4 nitrogen and oxygen atoms in total. The van der Waals surface area contributed by atoms with Gasteiger partial charge in [0.05, 0.1) is 5.56 Å². The zero-order valence-electron chi connectivity index (χ0n) is 16.1. The summed E-state index contributed by atoms with van der Waals surface area (Å²) in [4.78, 5) is 28.2. The van der Waals surface area contributed by atoms with Crippen LogP contribution in [0, 0.1) is 20.8 Å². The number of phenolic OH excluding ortho intramolecular Hbond substituents is 1. The summed E-state index contributed by atoms with van der Waals surface area (Å²) in [6.07, 6.45) is 0. The maximum absolute atomic E-state index is 13.5. The highest BCUT2D eigenvalue weighted by Gasteiger charge is 2.42. The number of Topliss-reactive ketones (excluding diaryl/α,β-unsaturated/α-hetero) is 1. The Morgan fingerprint density at radius 3 is 2.29 bits per heavy atom. The minimum atomic E-state index is -0.806. The van der Waals surface area contributed by atoms with E-state index in [0.29, 0.717) is 16.8 Å².